The van der Waals surface area contributed by atoms with Gasteiger partial charge in [0.25, 0.3) is 0 Å². The van der Waals surface area contributed by atoms with Gasteiger partial charge in [-0.05, 0) is 74.9 Å². The highest BCUT2D eigenvalue weighted by atomic mass is 16.5. The minimum Gasteiger partial charge on any atom is -0.496 e. The fourth-order valence-corrected chi connectivity index (χ4v) is 4.52. The van der Waals surface area contributed by atoms with E-state index >= 15 is 0 Å². The normalized spacial score (nSPS) is 17.8. The molecule has 0 radical (unpaired) electrons. The summed E-state index contributed by atoms with van der Waals surface area (Å²) in [5, 5.41) is 9.15. The number of anilines is 1. The van der Waals surface area contributed by atoms with E-state index in [1.54, 1.807) is 25.3 Å². The second-order valence-corrected chi connectivity index (χ2v) is 8.79. The highest BCUT2D eigenvalue weighted by molar-refractivity contribution is 5.90. The molecule has 5 nitrogen and oxygen atoms in total. The molecule has 1 heterocycles. The van der Waals surface area contributed by atoms with Gasteiger partial charge in [0.15, 0.2) is 0 Å². The lowest BCUT2D eigenvalue weighted by atomic mass is 9.79. The van der Waals surface area contributed by atoms with Gasteiger partial charge < -0.3 is 14.7 Å². The number of fused-ring (bicyclic) bond motifs is 1. The first-order valence-corrected chi connectivity index (χ1v) is 10.6. The van der Waals surface area contributed by atoms with E-state index in [2.05, 4.69) is 49.7 Å². The first-order valence-electron chi connectivity index (χ1n) is 10.6. The first kappa shape index (κ1) is 21.9. The van der Waals surface area contributed by atoms with Gasteiger partial charge in [-0.3, -0.25) is 4.99 Å². The van der Waals surface area contributed by atoms with Crippen molar-refractivity contribution in [1.29, 1.82) is 0 Å². The number of aliphatic imine (C=N–C) groups is 1. The smallest absolute Gasteiger partial charge is 0.335 e. The predicted molar refractivity (Wildman–Crippen MR) is 123 cm³/mol. The molecule has 1 aliphatic heterocycles. The van der Waals surface area contributed by atoms with Crippen molar-refractivity contribution in [2.75, 3.05) is 18.6 Å². The van der Waals surface area contributed by atoms with Gasteiger partial charge in [0.1, 0.15) is 5.75 Å². The zero-order valence-electron chi connectivity index (χ0n) is 18.8. The van der Waals surface area contributed by atoms with Gasteiger partial charge in [-0.15, -0.1) is 0 Å². The summed E-state index contributed by atoms with van der Waals surface area (Å²) >= 11 is 0. The zero-order valence-corrected chi connectivity index (χ0v) is 18.8. The van der Waals surface area contributed by atoms with Gasteiger partial charge in [-0.1, -0.05) is 13.8 Å². The van der Waals surface area contributed by atoms with E-state index in [1.807, 2.05) is 13.1 Å². The minimum absolute atomic E-state index is 0.103. The Kier molecular flexibility index (Phi) is 6.20. The fraction of sp³-hybridized carbons (Fsp3) is 0.440. The molecular weight excluding hydrogens is 376 g/mol. The van der Waals surface area contributed by atoms with Crippen molar-refractivity contribution >= 4 is 23.6 Å². The number of ether oxygens (including phenoxy) is 1. The largest absolute Gasteiger partial charge is 0.496 e. The Morgan fingerprint density at radius 2 is 2.07 bits per heavy atom. The van der Waals surface area contributed by atoms with Crippen LogP contribution in [0.1, 0.15) is 73.5 Å². The summed E-state index contributed by atoms with van der Waals surface area (Å²) < 4.78 is 5.71. The number of aryl methyl sites for hydroxylation is 1. The molecule has 3 rings (SSSR count). The number of hydrogen-bond donors (Lipinski definition) is 1. The number of methoxy groups -OCH3 is 1. The average Bonchev–Trinajstić information content (AvgIpc) is 2.69. The number of benzene rings is 2. The van der Waals surface area contributed by atoms with Crippen molar-refractivity contribution in [2.24, 2.45) is 4.99 Å². The summed E-state index contributed by atoms with van der Waals surface area (Å²) in [5.41, 5.74) is 5.45. The maximum atomic E-state index is 11.2. The molecule has 0 saturated carbocycles. The van der Waals surface area contributed by atoms with Gasteiger partial charge >= 0.3 is 5.97 Å². The Bertz CT molecular complexity index is 979. The maximum Gasteiger partial charge on any atom is 0.335 e. The third-order valence-electron chi connectivity index (χ3n) is 5.97. The summed E-state index contributed by atoms with van der Waals surface area (Å²) in [6, 6.07) is 9.31. The quantitative estimate of drug-likeness (QED) is 0.600. The van der Waals surface area contributed by atoms with Crippen LogP contribution in [-0.4, -0.2) is 36.5 Å². The van der Waals surface area contributed by atoms with E-state index in [0.717, 1.165) is 42.0 Å². The van der Waals surface area contributed by atoms with Crippen LogP contribution in [0.15, 0.2) is 35.3 Å². The van der Waals surface area contributed by atoms with E-state index in [0.29, 0.717) is 5.92 Å². The highest BCUT2D eigenvalue weighted by Crippen LogP contribution is 2.45. The number of hydrogen-bond acceptors (Lipinski definition) is 4. The number of carboxylic acid groups (broad SMARTS) is 1. The van der Waals surface area contributed by atoms with E-state index in [4.69, 9.17) is 9.84 Å². The third kappa shape index (κ3) is 4.20. The summed E-state index contributed by atoms with van der Waals surface area (Å²) in [6.07, 6.45) is 4.01. The van der Waals surface area contributed by atoms with Crippen LogP contribution in [0, 0.1) is 6.92 Å². The Morgan fingerprint density at radius 1 is 1.33 bits per heavy atom. The second kappa shape index (κ2) is 8.50. The molecule has 0 fully saturated rings. The molecule has 1 N–H and O–H groups in total. The SMILES string of the molecule is CCCN1c2cc(OC)c(C=Nc3ccc(C(=O)O)cc3C)cc2C(C)CC1(C)C. The zero-order chi connectivity index (χ0) is 22.1. The minimum atomic E-state index is -0.932. The summed E-state index contributed by atoms with van der Waals surface area (Å²) in [7, 11) is 1.69. The molecule has 1 atom stereocenters. The van der Waals surface area contributed by atoms with Crippen molar-refractivity contribution in [2.45, 2.75) is 58.9 Å². The molecule has 0 saturated heterocycles. The topological polar surface area (TPSA) is 62.1 Å². The maximum absolute atomic E-state index is 11.2. The first-order chi connectivity index (χ1) is 14.2. The Morgan fingerprint density at radius 3 is 2.67 bits per heavy atom. The lowest BCUT2D eigenvalue weighted by Gasteiger charge is -2.47. The highest BCUT2D eigenvalue weighted by Gasteiger charge is 2.36. The van der Waals surface area contributed by atoms with Crippen LogP contribution in [0.25, 0.3) is 0 Å². The number of nitrogens with zero attached hydrogens (tertiary/aromatic N) is 2. The molecule has 2 aromatic rings. The van der Waals surface area contributed by atoms with Crippen molar-refractivity contribution in [3.8, 4) is 5.75 Å². The molecule has 5 heteroatoms. The molecule has 160 valence electrons. The van der Waals surface area contributed by atoms with Crippen molar-refractivity contribution in [3.63, 3.8) is 0 Å². The van der Waals surface area contributed by atoms with Gasteiger partial charge in [0.05, 0.1) is 18.4 Å². The van der Waals surface area contributed by atoms with Gasteiger partial charge in [-0.2, -0.15) is 0 Å². The Hall–Kier alpha value is -2.82. The van der Waals surface area contributed by atoms with E-state index in [1.165, 1.54) is 11.3 Å². The summed E-state index contributed by atoms with van der Waals surface area (Å²) in [6.45, 7) is 12.0. The van der Waals surface area contributed by atoms with Crippen LogP contribution in [-0.2, 0) is 0 Å². The average molecular weight is 409 g/mol. The molecule has 0 spiro atoms. The standard InChI is InChI=1S/C25H32N2O3/c1-7-10-27-22-13-23(30-6)19(12-20(22)17(3)14-25(27,4)5)15-26-21-9-8-18(24(28)29)11-16(21)2/h8-9,11-13,15,17H,7,10,14H2,1-6H3,(H,28,29). The van der Waals surface area contributed by atoms with Crippen molar-refractivity contribution < 1.29 is 14.6 Å². The monoisotopic (exact) mass is 408 g/mol. The lowest BCUT2D eigenvalue weighted by Crippen LogP contribution is -2.48. The lowest BCUT2D eigenvalue weighted by molar-refractivity contribution is 0.0697. The van der Waals surface area contributed by atoms with Gasteiger partial charge in [0, 0.05) is 35.6 Å². The Balaban J connectivity index is 2.02. The molecule has 1 aliphatic rings. The number of aromatic carboxylic acids is 1. The van der Waals surface area contributed by atoms with Crippen LogP contribution < -0.4 is 9.64 Å². The summed E-state index contributed by atoms with van der Waals surface area (Å²) in [5.74, 6) is 0.305. The van der Waals surface area contributed by atoms with Crippen LogP contribution in [0.4, 0.5) is 11.4 Å². The van der Waals surface area contributed by atoms with E-state index < -0.39 is 5.97 Å². The fourth-order valence-electron chi connectivity index (χ4n) is 4.52. The van der Waals surface area contributed by atoms with E-state index in [-0.39, 0.29) is 11.1 Å². The van der Waals surface area contributed by atoms with Crippen LogP contribution in [0.3, 0.4) is 0 Å². The Labute approximate surface area is 179 Å². The second-order valence-electron chi connectivity index (χ2n) is 8.79. The van der Waals surface area contributed by atoms with E-state index in [9.17, 15) is 4.79 Å². The number of rotatable bonds is 6. The molecule has 0 aliphatic carbocycles. The van der Waals surface area contributed by atoms with Crippen LogP contribution in [0.2, 0.25) is 0 Å². The number of carboxylic acids is 1. The molecule has 1 unspecified atom stereocenters. The molecule has 30 heavy (non-hydrogen) atoms. The molecule has 0 aromatic heterocycles. The summed E-state index contributed by atoms with van der Waals surface area (Å²) in [4.78, 5) is 18.3. The molecular formula is C25H32N2O3. The molecule has 0 bridgehead atoms. The van der Waals surface area contributed by atoms with Crippen LogP contribution >= 0.6 is 0 Å². The molecule has 0 amide bonds. The molecule has 2 aromatic carbocycles. The van der Waals surface area contributed by atoms with Crippen molar-refractivity contribution in [1.82, 2.24) is 0 Å². The van der Waals surface area contributed by atoms with Gasteiger partial charge in [0.2, 0.25) is 0 Å². The third-order valence-corrected chi connectivity index (χ3v) is 5.97. The van der Waals surface area contributed by atoms with Crippen molar-refractivity contribution in [3.05, 3.63) is 52.6 Å². The predicted octanol–water partition coefficient (Wildman–Crippen LogP) is 5.95. The van der Waals surface area contributed by atoms with Crippen LogP contribution in [0.5, 0.6) is 5.75 Å². The number of carbonyl (C=O) groups is 1. The van der Waals surface area contributed by atoms with Gasteiger partial charge in [-0.25, -0.2) is 4.79 Å².